The zero-order valence-corrected chi connectivity index (χ0v) is 13.5. The molecule has 0 spiro atoms. The molecule has 3 amide bonds. The lowest BCUT2D eigenvalue weighted by Crippen LogP contribution is -2.44. The van der Waals surface area contributed by atoms with Crippen molar-refractivity contribution in [2.75, 3.05) is 6.54 Å². The zero-order chi connectivity index (χ0) is 17.2. The van der Waals surface area contributed by atoms with Gasteiger partial charge < -0.3 is 21.1 Å². The Morgan fingerprint density at radius 3 is 2.43 bits per heavy atom. The fourth-order valence-electron chi connectivity index (χ4n) is 1.75. The second-order valence-corrected chi connectivity index (χ2v) is 5.50. The Morgan fingerprint density at radius 2 is 1.83 bits per heavy atom. The van der Waals surface area contributed by atoms with Gasteiger partial charge in [-0.05, 0) is 31.0 Å². The highest BCUT2D eigenvalue weighted by Gasteiger charge is 2.10. The smallest absolute Gasteiger partial charge is 0.315 e. The van der Waals surface area contributed by atoms with Crippen LogP contribution >= 0.6 is 11.6 Å². The Bertz CT molecular complexity index is 548. The predicted octanol–water partition coefficient (Wildman–Crippen LogP) is 1.51. The van der Waals surface area contributed by atoms with Gasteiger partial charge in [-0.25, -0.2) is 4.79 Å². The van der Waals surface area contributed by atoms with Crippen molar-refractivity contribution >= 4 is 29.5 Å². The number of carboxylic acids is 1. The van der Waals surface area contributed by atoms with Gasteiger partial charge in [0.25, 0.3) is 0 Å². The Kier molecular flexibility index (Phi) is 7.90. The summed E-state index contributed by atoms with van der Waals surface area (Å²) in [6.45, 7) is 1.85. The number of hydrogen-bond donors (Lipinski definition) is 4. The average Bonchev–Trinajstić information content (AvgIpc) is 2.50. The van der Waals surface area contributed by atoms with Crippen LogP contribution in [-0.4, -0.2) is 35.6 Å². The minimum Gasteiger partial charge on any atom is -0.481 e. The van der Waals surface area contributed by atoms with Crippen molar-refractivity contribution in [3.8, 4) is 0 Å². The van der Waals surface area contributed by atoms with Gasteiger partial charge in [0, 0.05) is 24.0 Å². The summed E-state index contributed by atoms with van der Waals surface area (Å²) < 4.78 is 0. The molecule has 0 fully saturated rings. The summed E-state index contributed by atoms with van der Waals surface area (Å²) in [6.07, 6.45) is 0.320. The van der Waals surface area contributed by atoms with E-state index in [1.807, 2.05) is 0 Å². The molecule has 0 radical (unpaired) electrons. The standard InChI is InChI=1S/C15H20ClN3O4/c1-10(2-7-14(21)22)19-13(20)9-18-15(23)17-8-11-3-5-12(16)6-4-11/h3-6,10H,2,7-9H2,1H3,(H,19,20)(H,21,22)(H2,17,18,23). The molecular weight excluding hydrogens is 322 g/mol. The number of hydrogen-bond acceptors (Lipinski definition) is 3. The lowest BCUT2D eigenvalue weighted by atomic mass is 10.2. The molecule has 0 heterocycles. The summed E-state index contributed by atoms with van der Waals surface area (Å²) in [4.78, 5) is 33.6. The first-order chi connectivity index (χ1) is 10.9. The van der Waals surface area contributed by atoms with Crippen LogP contribution in [0.1, 0.15) is 25.3 Å². The normalized spacial score (nSPS) is 11.4. The highest BCUT2D eigenvalue weighted by molar-refractivity contribution is 6.30. The zero-order valence-electron chi connectivity index (χ0n) is 12.8. The highest BCUT2D eigenvalue weighted by Crippen LogP contribution is 2.08. The third kappa shape index (κ3) is 8.67. The molecule has 126 valence electrons. The summed E-state index contributed by atoms with van der Waals surface area (Å²) in [5.74, 6) is -1.28. The summed E-state index contributed by atoms with van der Waals surface area (Å²) in [7, 11) is 0. The van der Waals surface area contributed by atoms with Gasteiger partial charge in [-0.1, -0.05) is 23.7 Å². The molecule has 1 aromatic rings. The Morgan fingerprint density at radius 1 is 1.17 bits per heavy atom. The number of amides is 3. The molecule has 0 aromatic heterocycles. The highest BCUT2D eigenvalue weighted by atomic mass is 35.5. The summed E-state index contributed by atoms with van der Waals surface area (Å²) in [5.41, 5.74) is 0.885. The third-order valence-electron chi connectivity index (χ3n) is 2.97. The predicted molar refractivity (Wildman–Crippen MR) is 86.2 cm³/mol. The Balaban J connectivity index is 2.20. The van der Waals surface area contributed by atoms with E-state index in [9.17, 15) is 14.4 Å². The van der Waals surface area contributed by atoms with Crippen LogP contribution in [0.2, 0.25) is 5.02 Å². The molecule has 7 nitrogen and oxygen atoms in total. The maximum absolute atomic E-state index is 11.6. The SMILES string of the molecule is CC(CCC(=O)O)NC(=O)CNC(=O)NCc1ccc(Cl)cc1. The minimum absolute atomic E-state index is 0.0174. The largest absolute Gasteiger partial charge is 0.481 e. The van der Waals surface area contributed by atoms with Crippen LogP contribution in [0.3, 0.4) is 0 Å². The second kappa shape index (κ2) is 9.68. The molecule has 4 N–H and O–H groups in total. The average molecular weight is 342 g/mol. The van der Waals surface area contributed by atoms with Crippen molar-refractivity contribution in [3.05, 3.63) is 34.9 Å². The van der Waals surface area contributed by atoms with E-state index in [0.29, 0.717) is 18.0 Å². The molecule has 0 bridgehead atoms. The van der Waals surface area contributed by atoms with Gasteiger partial charge in [0.1, 0.15) is 0 Å². The van der Waals surface area contributed by atoms with Crippen LogP contribution in [0.15, 0.2) is 24.3 Å². The molecule has 1 atom stereocenters. The molecule has 1 rings (SSSR count). The van der Waals surface area contributed by atoms with Gasteiger partial charge in [-0.2, -0.15) is 0 Å². The lowest BCUT2D eigenvalue weighted by molar-refractivity contribution is -0.137. The van der Waals surface area contributed by atoms with Crippen LogP contribution in [0.25, 0.3) is 0 Å². The number of halogens is 1. The number of nitrogens with one attached hydrogen (secondary N) is 3. The second-order valence-electron chi connectivity index (χ2n) is 5.06. The third-order valence-corrected chi connectivity index (χ3v) is 3.23. The quantitative estimate of drug-likeness (QED) is 0.574. The molecule has 0 aliphatic rings. The number of carboxylic acid groups (broad SMARTS) is 1. The van der Waals surface area contributed by atoms with E-state index < -0.39 is 12.0 Å². The van der Waals surface area contributed by atoms with Crippen molar-refractivity contribution in [1.82, 2.24) is 16.0 Å². The monoisotopic (exact) mass is 341 g/mol. The van der Waals surface area contributed by atoms with Gasteiger partial charge in [0.05, 0.1) is 6.54 Å². The van der Waals surface area contributed by atoms with Crippen LogP contribution in [0, 0.1) is 0 Å². The number of rotatable bonds is 8. The van der Waals surface area contributed by atoms with Gasteiger partial charge in [0.15, 0.2) is 0 Å². The van der Waals surface area contributed by atoms with E-state index in [1.165, 1.54) is 0 Å². The first kappa shape index (κ1) is 18.8. The molecular formula is C15H20ClN3O4. The van der Waals surface area contributed by atoms with Crippen molar-refractivity contribution in [3.63, 3.8) is 0 Å². The molecule has 1 aromatic carbocycles. The molecule has 0 saturated heterocycles. The summed E-state index contributed by atoms with van der Waals surface area (Å²) in [5, 5.41) is 16.8. The van der Waals surface area contributed by atoms with Gasteiger partial charge in [0.2, 0.25) is 5.91 Å². The van der Waals surface area contributed by atoms with E-state index in [2.05, 4.69) is 16.0 Å². The number of aliphatic carboxylic acids is 1. The van der Waals surface area contributed by atoms with E-state index >= 15 is 0 Å². The van der Waals surface area contributed by atoms with Crippen molar-refractivity contribution in [2.45, 2.75) is 32.4 Å². The molecule has 23 heavy (non-hydrogen) atoms. The first-order valence-corrected chi connectivity index (χ1v) is 7.52. The molecule has 0 saturated carbocycles. The fourth-order valence-corrected chi connectivity index (χ4v) is 1.87. The van der Waals surface area contributed by atoms with Crippen molar-refractivity contribution < 1.29 is 19.5 Å². The van der Waals surface area contributed by atoms with Crippen LogP contribution in [0.5, 0.6) is 0 Å². The molecule has 0 aliphatic heterocycles. The van der Waals surface area contributed by atoms with Gasteiger partial charge in [-0.3, -0.25) is 9.59 Å². The van der Waals surface area contributed by atoms with Crippen LogP contribution in [0.4, 0.5) is 4.79 Å². The topological polar surface area (TPSA) is 108 Å². The lowest BCUT2D eigenvalue weighted by Gasteiger charge is -2.13. The van der Waals surface area contributed by atoms with E-state index in [1.54, 1.807) is 31.2 Å². The number of benzene rings is 1. The Hall–Kier alpha value is -2.28. The van der Waals surface area contributed by atoms with E-state index in [4.69, 9.17) is 16.7 Å². The number of carbonyl (C=O) groups excluding carboxylic acids is 2. The van der Waals surface area contributed by atoms with Crippen LogP contribution in [-0.2, 0) is 16.1 Å². The van der Waals surface area contributed by atoms with Crippen molar-refractivity contribution in [2.24, 2.45) is 0 Å². The molecule has 8 heteroatoms. The fraction of sp³-hybridized carbons (Fsp3) is 0.400. The maximum atomic E-state index is 11.6. The summed E-state index contributed by atoms with van der Waals surface area (Å²) >= 11 is 5.76. The number of urea groups is 1. The van der Waals surface area contributed by atoms with Crippen molar-refractivity contribution in [1.29, 1.82) is 0 Å². The maximum Gasteiger partial charge on any atom is 0.315 e. The van der Waals surface area contributed by atoms with E-state index in [0.717, 1.165) is 5.56 Å². The van der Waals surface area contributed by atoms with E-state index in [-0.39, 0.29) is 24.9 Å². The Labute approximate surface area is 139 Å². The molecule has 1 unspecified atom stereocenters. The minimum atomic E-state index is -0.911. The number of carbonyl (C=O) groups is 3. The van der Waals surface area contributed by atoms with Gasteiger partial charge in [-0.15, -0.1) is 0 Å². The van der Waals surface area contributed by atoms with Crippen LogP contribution < -0.4 is 16.0 Å². The summed E-state index contributed by atoms with van der Waals surface area (Å²) in [6, 6.07) is 6.30. The molecule has 0 aliphatic carbocycles. The van der Waals surface area contributed by atoms with Gasteiger partial charge >= 0.3 is 12.0 Å². The first-order valence-electron chi connectivity index (χ1n) is 7.14.